The van der Waals surface area contributed by atoms with Crippen molar-refractivity contribution in [3.8, 4) is 11.5 Å². The summed E-state index contributed by atoms with van der Waals surface area (Å²) >= 11 is 0. The van der Waals surface area contributed by atoms with E-state index in [1.54, 1.807) is 7.11 Å². The van der Waals surface area contributed by atoms with Crippen molar-refractivity contribution in [2.24, 2.45) is 0 Å². The second kappa shape index (κ2) is 7.27. The van der Waals surface area contributed by atoms with Crippen LogP contribution in [0.3, 0.4) is 0 Å². The van der Waals surface area contributed by atoms with Gasteiger partial charge in [0.1, 0.15) is 6.10 Å². The summed E-state index contributed by atoms with van der Waals surface area (Å²) in [6.07, 6.45) is 6.68. The molecular weight excluding hydrogens is 278 g/mol. The van der Waals surface area contributed by atoms with Crippen LogP contribution in [0.15, 0.2) is 42.7 Å². The highest BCUT2D eigenvalue weighted by Crippen LogP contribution is 2.30. The number of nitrogens with zero attached hydrogens (tertiary/aromatic N) is 1. The highest BCUT2D eigenvalue weighted by molar-refractivity contribution is 5.43. The molecule has 0 amide bonds. The van der Waals surface area contributed by atoms with Gasteiger partial charge in [0.2, 0.25) is 0 Å². The van der Waals surface area contributed by atoms with Crippen molar-refractivity contribution >= 4 is 0 Å². The van der Waals surface area contributed by atoms with Crippen molar-refractivity contribution in [1.29, 1.82) is 0 Å². The second-order valence-electron chi connectivity index (χ2n) is 5.44. The zero-order valence-electron chi connectivity index (χ0n) is 12.8. The molecule has 2 heterocycles. The van der Waals surface area contributed by atoms with E-state index >= 15 is 0 Å². The number of ether oxygens (including phenoxy) is 3. The zero-order chi connectivity index (χ0) is 15.2. The van der Waals surface area contributed by atoms with Crippen LogP contribution in [-0.4, -0.2) is 31.4 Å². The van der Waals surface area contributed by atoms with Crippen LogP contribution < -0.4 is 9.47 Å². The maximum Gasteiger partial charge on any atom is 0.161 e. The lowest BCUT2D eigenvalue weighted by Gasteiger charge is -2.16. The van der Waals surface area contributed by atoms with Crippen LogP contribution in [0.5, 0.6) is 11.5 Å². The fourth-order valence-corrected chi connectivity index (χ4v) is 2.59. The van der Waals surface area contributed by atoms with Gasteiger partial charge in [-0.05, 0) is 48.2 Å². The molecule has 0 saturated carbocycles. The molecule has 2 aromatic rings. The van der Waals surface area contributed by atoms with Gasteiger partial charge >= 0.3 is 0 Å². The maximum absolute atomic E-state index is 6.03. The summed E-state index contributed by atoms with van der Waals surface area (Å²) in [6.45, 7) is 1.43. The smallest absolute Gasteiger partial charge is 0.161 e. The first-order chi connectivity index (χ1) is 10.8. The average molecular weight is 299 g/mol. The van der Waals surface area contributed by atoms with Gasteiger partial charge in [0.15, 0.2) is 11.5 Å². The van der Waals surface area contributed by atoms with Crippen LogP contribution in [0.25, 0.3) is 0 Å². The number of hydrogen-bond donors (Lipinski definition) is 0. The topological polar surface area (TPSA) is 40.6 Å². The molecule has 1 saturated heterocycles. The number of aromatic nitrogens is 1. The van der Waals surface area contributed by atoms with Crippen molar-refractivity contribution in [3.05, 3.63) is 53.9 Å². The SMILES string of the molecule is COc1ccc(CCc2ccncc2)cc1OC1CCOC1. The summed E-state index contributed by atoms with van der Waals surface area (Å²) in [4.78, 5) is 4.05. The van der Waals surface area contributed by atoms with Crippen molar-refractivity contribution in [3.63, 3.8) is 0 Å². The Hall–Kier alpha value is -2.07. The molecule has 0 aliphatic carbocycles. The van der Waals surface area contributed by atoms with Gasteiger partial charge in [-0.1, -0.05) is 6.07 Å². The van der Waals surface area contributed by atoms with E-state index in [4.69, 9.17) is 14.2 Å². The van der Waals surface area contributed by atoms with Crippen molar-refractivity contribution in [1.82, 2.24) is 4.98 Å². The van der Waals surface area contributed by atoms with E-state index in [2.05, 4.69) is 29.2 Å². The van der Waals surface area contributed by atoms with E-state index in [1.165, 1.54) is 11.1 Å². The largest absolute Gasteiger partial charge is 0.493 e. The molecule has 1 fully saturated rings. The maximum atomic E-state index is 6.03. The van der Waals surface area contributed by atoms with E-state index in [-0.39, 0.29) is 6.10 Å². The number of methoxy groups -OCH3 is 1. The summed E-state index contributed by atoms with van der Waals surface area (Å²) in [5.74, 6) is 1.59. The van der Waals surface area contributed by atoms with Crippen LogP contribution in [0.2, 0.25) is 0 Å². The first-order valence-corrected chi connectivity index (χ1v) is 7.65. The Labute approximate surface area is 131 Å². The van der Waals surface area contributed by atoms with Crippen molar-refractivity contribution in [2.45, 2.75) is 25.4 Å². The van der Waals surface area contributed by atoms with Gasteiger partial charge in [-0.25, -0.2) is 0 Å². The molecule has 3 rings (SSSR count). The predicted molar refractivity (Wildman–Crippen MR) is 84.5 cm³/mol. The summed E-state index contributed by atoms with van der Waals surface area (Å²) in [5, 5.41) is 0. The van der Waals surface area contributed by atoms with E-state index in [1.807, 2.05) is 18.5 Å². The predicted octanol–water partition coefficient (Wildman–Crippen LogP) is 3.04. The molecule has 0 spiro atoms. The quantitative estimate of drug-likeness (QED) is 0.822. The normalized spacial score (nSPS) is 17.4. The first kappa shape index (κ1) is 14.9. The third-order valence-electron chi connectivity index (χ3n) is 3.86. The Morgan fingerprint density at radius 1 is 1.09 bits per heavy atom. The molecule has 0 N–H and O–H groups in total. The van der Waals surface area contributed by atoms with Gasteiger partial charge in [0.25, 0.3) is 0 Å². The van der Waals surface area contributed by atoms with Crippen LogP contribution >= 0.6 is 0 Å². The summed E-state index contributed by atoms with van der Waals surface area (Å²) in [7, 11) is 1.67. The summed E-state index contributed by atoms with van der Waals surface area (Å²) < 4.78 is 16.8. The molecular formula is C18H21NO3. The molecule has 1 aliphatic heterocycles. The lowest BCUT2D eigenvalue weighted by molar-refractivity contribution is 0.138. The Balaban J connectivity index is 1.69. The molecule has 1 aliphatic rings. The lowest BCUT2D eigenvalue weighted by atomic mass is 10.0. The van der Waals surface area contributed by atoms with E-state index in [0.717, 1.165) is 37.4 Å². The molecule has 116 valence electrons. The molecule has 4 nitrogen and oxygen atoms in total. The lowest BCUT2D eigenvalue weighted by Crippen LogP contribution is -2.16. The molecule has 1 aromatic carbocycles. The summed E-state index contributed by atoms with van der Waals surface area (Å²) in [5.41, 5.74) is 2.53. The van der Waals surface area contributed by atoms with Crippen LogP contribution in [0.4, 0.5) is 0 Å². The van der Waals surface area contributed by atoms with Gasteiger partial charge < -0.3 is 14.2 Å². The number of pyridine rings is 1. The standard InChI is InChI=1S/C18H21NO3/c1-20-17-5-4-15(3-2-14-6-9-19-10-7-14)12-18(17)22-16-8-11-21-13-16/h4-7,9-10,12,16H,2-3,8,11,13H2,1H3. The van der Waals surface area contributed by atoms with Gasteiger partial charge in [0.05, 0.1) is 20.3 Å². The third-order valence-corrected chi connectivity index (χ3v) is 3.86. The fourth-order valence-electron chi connectivity index (χ4n) is 2.59. The fraction of sp³-hybridized carbons (Fsp3) is 0.389. The zero-order valence-corrected chi connectivity index (χ0v) is 12.8. The Morgan fingerprint density at radius 2 is 1.91 bits per heavy atom. The highest BCUT2D eigenvalue weighted by Gasteiger charge is 2.19. The number of aryl methyl sites for hydroxylation is 2. The highest BCUT2D eigenvalue weighted by atomic mass is 16.6. The monoisotopic (exact) mass is 299 g/mol. The Morgan fingerprint density at radius 3 is 2.64 bits per heavy atom. The molecule has 1 atom stereocenters. The van der Waals surface area contributed by atoms with Crippen molar-refractivity contribution < 1.29 is 14.2 Å². The minimum Gasteiger partial charge on any atom is -0.493 e. The number of hydrogen-bond acceptors (Lipinski definition) is 4. The molecule has 1 aromatic heterocycles. The minimum atomic E-state index is 0.129. The van der Waals surface area contributed by atoms with Gasteiger partial charge in [0, 0.05) is 18.8 Å². The number of benzene rings is 1. The molecule has 0 radical (unpaired) electrons. The molecule has 1 unspecified atom stereocenters. The molecule has 22 heavy (non-hydrogen) atoms. The van der Waals surface area contributed by atoms with Gasteiger partial charge in [-0.2, -0.15) is 0 Å². The number of rotatable bonds is 6. The molecule has 4 heteroatoms. The van der Waals surface area contributed by atoms with Gasteiger partial charge in [-0.15, -0.1) is 0 Å². The Kier molecular flexibility index (Phi) is 4.91. The Bertz CT molecular complexity index is 595. The van der Waals surface area contributed by atoms with Crippen LogP contribution in [0, 0.1) is 0 Å². The molecule has 0 bridgehead atoms. The van der Waals surface area contributed by atoms with Gasteiger partial charge in [-0.3, -0.25) is 4.98 Å². The van der Waals surface area contributed by atoms with E-state index < -0.39 is 0 Å². The average Bonchev–Trinajstić information content (AvgIpc) is 3.07. The van der Waals surface area contributed by atoms with Crippen LogP contribution in [-0.2, 0) is 17.6 Å². The first-order valence-electron chi connectivity index (χ1n) is 7.65. The van der Waals surface area contributed by atoms with Crippen molar-refractivity contribution in [2.75, 3.05) is 20.3 Å². The van der Waals surface area contributed by atoms with Crippen LogP contribution in [0.1, 0.15) is 17.5 Å². The van der Waals surface area contributed by atoms with E-state index in [0.29, 0.717) is 6.61 Å². The minimum absolute atomic E-state index is 0.129. The van der Waals surface area contributed by atoms with E-state index in [9.17, 15) is 0 Å². The summed E-state index contributed by atoms with van der Waals surface area (Å²) in [6, 6.07) is 10.3. The second-order valence-corrected chi connectivity index (χ2v) is 5.44. The third kappa shape index (κ3) is 3.77.